The maximum atomic E-state index is 13.6. The number of benzene rings is 1. The standard InChI is InChI=1S/C12H17F2N3O2/c1-17(7-11(18)16-3-4-19-2)12-9(13)5-8(15)6-10(12)14/h5-6H,3-4,7,15H2,1-2H3,(H,16,18). The number of anilines is 2. The van der Waals surface area contributed by atoms with E-state index in [1.165, 1.54) is 19.1 Å². The molecule has 0 heterocycles. The maximum absolute atomic E-state index is 13.6. The van der Waals surface area contributed by atoms with Crippen LogP contribution in [0.1, 0.15) is 0 Å². The lowest BCUT2D eigenvalue weighted by Gasteiger charge is -2.20. The SMILES string of the molecule is COCCNC(=O)CN(C)c1c(F)cc(N)cc1F. The van der Waals surface area contributed by atoms with Crippen LogP contribution in [0.15, 0.2) is 12.1 Å². The molecule has 0 aromatic heterocycles. The lowest BCUT2D eigenvalue weighted by molar-refractivity contribution is -0.119. The third kappa shape index (κ3) is 4.36. The first-order valence-electron chi connectivity index (χ1n) is 5.67. The number of methoxy groups -OCH3 is 1. The van der Waals surface area contributed by atoms with E-state index in [2.05, 4.69) is 5.32 Å². The zero-order valence-corrected chi connectivity index (χ0v) is 10.9. The van der Waals surface area contributed by atoms with Gasteiger partial charge in [-0.1, -0.05) is 0 Å². The van der Waals surface area contributed by atoms with Gasteiger partial charge in [-0.3, -0.25) is 4.79 Å². The average Bonchev–Trinajstić information content (AvgIpc) is 2.27. The van der Waals surface area contributed by atoms with E-state index < -0.39 is 11.6 Å². The molecule has 0 spiro atoms. The molecule has 0 saturated carbocycles. The van der Waals surface area contributed by atoms with Gasteiger partial charge in [0.15, 0.2) is 11.6 Å². The van der Waals surface area contributed by atoms with Gasteiger partial charge >= 0.3 is 0 Å². The molecule has 7 heteroatoms. The smallest absolute Gasteiger partial charge is 0.239 e. The Labute approximate surface area is 110 Å². The van der Waals surface area contributed by atoms with Gasteiger partial charge in [-0.2, -0.15) is 0 Å². The van der Waals surface area contributed by atoms with Crippen LogP contribution in [0, 0.1) is 11.6 Å². The second kappa shape index (κ2) is 6.89. The molecule has 1 aromatic rings. The second-order valence-electron chi connectivity index (χ2n) is 4.03. The van der Waals surface area contributed by atoms with E-state index in [1.54, 1.807) is 0 Å². The molecule has 3 N–H and O–H groups in total. The van der Waals surface area contributed by atoms with E-state index in [0.717, 1.165) is 12.1 Å². The number of hydrogen-bond donors (Lipinski definition) is 2. The fraction of sp³-hybridized carbons (Fsp3) is 0.417. The number of likely N-dealkylation sites (N-methyl/N-ethyl adjacent to an activating group) is 1. The van der Waals surface area contributed by atoms with E-state index in [4.69, 9.17) is 10.5 Å². The van der Waals surface area contributed by atoms with Gasteiger partial charge in [0.05, 0.1) is 13.2 Å². The molecule has 1 amide bonds. The molecule has 1 rings (SSSR count). The Bertz CT molecular complexity index is 432. The first kappa shape index (κ1) is 15.2. The molecular weight excluding hydrogens is 256 g/mol. The van der Waals surface area contributed by atoms with E-state index in [9.17, 15) is 13.6 Å². The quantitative estimate of drug-likeness (QED) is 0.593. The molecule has 0 unspecified atom stereocenters. The van der Waals surface area contributed by atoms with Gasteiger partial charge in [0.25, 0.3) is 0 Å². The van der Waals surface area contributed by atoms with Crippen LogP contribution < -0.4 is 16.0 Å². The number of halogens is 2. The first-order chi connectivity index (χ1) is 8.95. The summed E-state index contributed by atoms with van der Waals surface area (Å²) in [5.74, 6) is -1.95. The summed E-state index contributed by atoms with van der Waals surface area (Å²) in [5.41, 5.74) is 5.03. The molecule has 0 aliphatic rings. The van der Waals surface area contributed by atoms with Crippen molar-refractivity contribution in [2.45, 2.75) is 0 Å². The van der Waals surface area contributed by atoms with Crippen molar-refractivity contribution in [1.29, 1.82) is 0 Å². The lowest BCUT2D eigenvalue weighted by atomic mass is 10.2. The first-order valence-corrected chi connectivity index (χ1v) is 5.67. The van der Waals surface area contributed by atoms with Crippen molar-refractivity contribution in [3.8, 4) is 0 Å². The number of hydrogen-bond acceptors (Lipinski definition) is 4. The number of nitrogens with one attached hydrogen (secondary N) is 1. The van der Waals surface area contributed by atoms with Gasteiger partial charge in [-0.05, 0) is 12.1 Å². The van der Waals surface area contributed by atoms with Crippen molar-refractivity contribution in [2.75, 3.05) is 44.5 Å². The van der Waals surface area contributed by atoms with E-state index >= 15 is 0 Å². The predicted octanol–water partition coefficient (Wildman–Crippen LogP) is 0.746. The molecular formula is C12H17F2N3O2. The van der Waals surface area contributed by atoms with Crippen LogP contribution in [0.3, 0.4) is 0 Å². The fourth-order valence-corrected chi connectivity index (χ4v) is 1.59. The van der Waals surface area contributed by atoms with Gasteiger partial charge in [0.2, 0.25) is 5.91 Å². The number of carbonyl (C=O) groups is 1. The third-order valence-corrected chi connectivity index (χ3v) is 2.43. The number of nitrogen functional groups attached to an aromatic ring is 1. The Kier molecular flexibility index (Phi) is 5.50. The van der Waals surface area contributed by atoms with Crippen molar-refractivity contribution in [3.05, 3.63) is 23.8 Å². The summed E-state index contributed by atoms with van der Waals surface area (Å²) in [6.07, 6.45) is 0. The van der Waals surface area contributed by atoms with Crippen LogP contribution in [0.5, 0.6) is 0 Å². The number of nitrogens with two attached hydrogens (primary N) is 1. The van der Waals surface area contributed by atoms with Crippen LogP contribution in [0.25, 0.3) is 0 Å². The van der Waals surface area contributed by atoms with Gasteiger partial charge in [-0.25, -0.2) is 8.78 Å². The van der Waals surface area contributed by atoms with Gasteiger partial charge in [0, 0.05) is 26.4 Å². The molecule has 106 valence electrons. The third-order valence-electron chi connectivity index (χ3n) is 2.43. The van der Waals surface area contributed by atoms with Crippen molar-refractivity contribution < 1.29 is 18.3 Å². The minimum absolute atomic E-state index is 0.00306. The average molecular weight is 273 g/mol. The number of nitrogens with zero attached hydrogens (tertiary/aromatic N) is 1. The second-order valence-corrected chi connectivity index (χ2v) is 4.03. The number of carbonyl (C=O) groups excluding carboxylic acids is 1. The van der Waals surface area contributed by atoms with Crippen LogP contribution in [-0.2, 0) is 9.53 Å². The molecule has 19 heavy (non-hydrogen) atoms. The summed E-state index contributed by atoms with van der Waals surface area (Å²) in [7, 11) is 2.94. The Balaban J connectivity index is 2.68. The Morgan fingerprint density at radius 2 is 2.00 bits per heavy atom. The minimum atomic E-state index is -0.801. The van der Waals surface area contributed by atoms with Crippen LogP contribution in [0.2, 0.25) is 0 Å². The molecule has 0 radical (unpaired) electrons. The summed E-state index contributed by atoms with van der Waals surface area (Å²) in [6.45, 7) is 0.553. The van der Waals surface area contributed by atoms with Gasteiger partial charge < -0.3 is 20.7 Å². The predicted molar refractivity (Wildman–Crippen MR) is 68.9 cm³/mol. The van der Waals surface area contributed by atoms with Gasteiger partial charge in [0.1, 0.15) is 5.69 Å². The van der Waals surface area contributed by atoms with E-state index in [-0.39, 0.29) is 23.8 Å². The van der Waals surface area contributed by atoms with Crippen molar-refractivity contribution in [3.63, 3.8) is 0 Å². The molecule has 0 atom stereocenters. The number of rotatable bonds is 6. The Morgan fingerprint density at radius 1 is 1.42 bits per heavy atom. The normalized spacial score (nSPS) is 10.3. The number of ether oxygens (including phenoxy) is 1. The monoisotopic (exact) mass is 273 g/mol. The highest BCUT2D eigenvalue weighted by molar-refractivity contribution is 5.81. The highest BCUT2D eigenvalue weighted by atomic mass is 19.1. The zero-order valence-electron chi connectivity index (χ0n) is 10.9. The fourth-order valence-electron chi connectivity index (χ4n) is 1.59. The van der Waals surface area contributed by atoms with Crippen molar-refractivity contribution in [1.82, 2.24) is 5.32 Å². The van der Waals surface area contributed by atoms with Crippen molar-refractivity contribution in [2.24, 2.45) is 0 Å². The topological polar surface area (TPSA) is 67.6 Å². The molecule has 0 saturated heterocycles. The van der Waals surface area contributed by atoms with Crippen LogP contribution >= 0.6 is 0 Å². The minimum Gasteiger partial charge on any atom is -0.399 e. The molecule has 0 aliphatic carbocycles. The lowest BCUT2D eigenvalue weighted by Crippen LogP contribution is -2.37. The van der Waals surface area contributed by atoms with Crippen LogP contribution in [-0.4, -0.2) is 39.8 Å². The summed E-state index contributed by atoms with van der Waals surface area (Å²) < 4.78 is 32.0. The summed E-state index contributed by atoms with van der Waals surface area (Å²) in [6, 6.07) is 2.02. The molecule has 0 fully saturated rings. The molecule has 0 bridgehead atoms. The van der Waals surface area contributed by atoms with Crippen molar-refractivity contribution >= 4 is 17.3 Å². The molecule has 5 nitrogen and oxygen atoms in total. The number of amides is 1. The molecule has 1 aromatic carbocycles. The summed E-state index contributed by atoms with van der Waals surface area (Å²) in [5, 5.41) is 2.56. The summed E-state index contributed by atoms with van der Waals surface area (Å²) >= 11 is 0. The zero-order chi connectivity index (χ0) is 14.4. The maximum Gasteiger partial charge on any atom is 0.239 e. The van der Waals surface area contributed by atoms with E-state index in [0.29, 0.717) is 13.2 Å². The Morgan fingerprint density at radius 3 is 2.53 bits per heavy atom. The Hall–Kier alpha value is -1.89. The summed E-state index contributed by atoms with van der Waals surface area (Å²) in [4.78, 5) is 12.7. The highest BCUT2D eigenvalue weighted by Crippen LogP contribution is 2.24. The van der Waals surface area contributed by atoms with E-state index in [1.807, 2.05) is 0 Å². The molecule has 0 aliphatic heterocycles. The van der Waals surface area contributed by atoms with Crippen LogP contribution in [0.4, 0.5) is 20.2 Å². The highest BCUT2D eigenvalue weighted by Gasteiger charge is 2.16. The largest absolute Gasteiger partial charge is 0.399 e. The van der Waals surface area contributed by atoms with Gasteiger partial charge in [-0.15, -0.1) is 0 Å².